The first kappa shape index (κ1) is 12.7. The predicted octanol–water partition coefficient (Wildman–Crippen LogP) is 2.11. The topological polar surface area (TPSA) is 87.0 Å². The van der Waals surface area contributed by atoms with E-state index in [-0.39, 0.29) is 12.1 Å². The van der Waals surface area contributed by atoms with E-state index in [9.17, 15) is 5.11 Å². The molecule has 5 N–H and O–H groups in total. The minimum Gasteiger partial charge on any atom is -0.397 e. The highest BCUT2D eigenvalue weighted by Gasteiger charge is 2.25. The van der Waals surface area contributed by atoms with Gasteiger partial charge in [-0.2, -0.15) is 5.10 Å². The van der Waals surface area contributed by atoms with E-state index < -0.39 is 0 Å². The maximum Gasteiger partial charge on any atom is 0.0672 e. The summed E-state index contributed by atoms with van der Waals surface area (Å²) in [4.78, 5) is 0. The molecule has 5 heteroatoms. The first-order valence-corrected chi connectivity index (χ1v) is 6.25. The van der Waals surface area contributed by atoms with Crippen molar-refractivity contribution in [2.45, 2.75) is 32.2 Å². The van der Waals surface area contributed by atoms with Crippen LogP contribution in [-0.2, 0) is 0 Å². The molecule has 98 valence electrons. The Kier molecular flexibility index (Phi) is 3.43. The van der Waals surface area contributed by atoms with Gasteiger partial charge in [0.15, 0.2) is 0 Å². The first-order valence-electron chi connectivity index (χ1n) is 6.25. The van der Waals surface area contributed by atoms with E-state index in [1.165, 1.54) is 0 Å². The number of benzene rings is 1. The highest BCUT2D eigenvalue weighted by Crippen LogP contribution is 2.29. The SMILES string of the molecule is CCC(CC)(CO)Nc1cc2[nH]ncc2cc1N. The normalized spacial score (nSPS) is 11.9. The number of aliphatic hydroxyl groups is 1. The summed E-state index contributed by atoms with van der Waals surface area (Å²) >= 11 is 0. The average Bonchev–Trinajstić information content (AvgIpc) is 2.83. The molecule has 0 aliphatic heterocycles. The molecule has 2 aromatic rings. The zero-order valence-electron chi connectivity index (χ0n) is 10.8. The molecule has 0 fully saturated rings. The maximum atomic E-state index is 9.58. The fourth-order valence-corrected chi connectivity index (χ4v) is 2.09. The van der Waals surface area contributed by atoms with Crippen molar-refractivity contribution in [3.63, 3.8) is 0 Å². The molecular weight excluding hydrogens is 228 g/mol. The molecule has 0 atom stereocenters. The molecule has 0 saturated carbocycles. The van der Waals surface area contributed by atoms with Crippen LogP contribution in [0.1, 0.15) is 26.7 Å². The zero-order valence-corrected chi connectivity index (χ0v) is 10.8. The van der Waals surface area contributed by atoms with Crippen LogP contribution in [0.3, 0.4) is 0 Å². The van der Waals surface area contributed by atoms with Crippen LogP contribution in [-0.4, -0.2) is 27.4 Å². The number of anilines is 2. The van der Waals surface area contributed by atoms with Crippen molar-refractivity contribution in [1.82, 2.24) is 10.2 Å². The summed E-state index contributed by atoms with van der Waals surface area (Å²) in [5.74, 6) is 0. The molecule has 0 aliphatic rings. The Hall–Kier alpha value is -1.75. The van der Waals surface area contributed by atoms with Gasteiger partial charge in [-0.15, -0.1) is 0 Å². The van der Waals surface area contributed by atoms with E-state index in [1.54, 1.807) is 6.20 Å². The lowest BCUT2D eigenvalue weighted by molar-refractivity contribution is 0.202. The molecule has 5 nitrogen and oxygen atoms in total. The van der Waals surface area contributed by atoms with Crippen LogP contribution < -0.4 is 11.1 Å². The van der Waals surface area contributed by atoms with Gasteiger partial charge < -0.3 is 16.2 Å². The molecule has 0 unspecified atom stereocenters. The third kappa shape index (κ3) is 2.13. The van der Waals surface area contributed by atoms with Gasteiger partial charge in [0.05, 0.1) is 35.2 Å². The highest BCUT2D eigenvalue weighted by atomic mass is 16.3. The van der Waals surface area contributed by atoms with E-state index in [2.05, 4.69) is 29.4 Å². The van der Waals surface area contributed by atoms with Crippen molar-refractivity contribution in [3.8, 4) is 0 Å². The summed E-state index contributed by atoms with van der Waals surface area (Å²) in [7, 11) is 0. The van der Waals surface area contributed by atoms with Gasteiger partial charge in [0.2, 0.25) is 0 Å². The Morgan fingerprint density at radius 2 is 2.11 bits per heavy atom. The van der Waals surface area contributed by atoms with E-state index >= 15 is 0 Å². The number of hydrogen-bond donors (Lipinski definition) is 4. The third-order valence-electron chi connectivity index (χ3n) is 3.67. The Balaban J connectivity index is 2.38. The Morgan fingerprint density at radius 1 is 1.39 bits per heavy atom. The van der Waals surface area contributed by atoms with Crippen LogP contribution in [0.25, 0.3) is 10.9 Å². The highest BCUT2D eigenvalue weighted by molar-refractivity contribution is 5.88. The van der Waals surface area contributed by atoms with Crippen molar-refractivity contribution in [3.05, 3.63) is 18.3 Å². The van der Waals surface area contributed by atoms with Crippen LogP contribution >= 0.6 is 0 Å². The summed E-state index contributed by atoms with van der Waals surface area (Å²) in [5.41, 5.74) is 8.16. The molecule has 1 aromatic heterocycles. The van der Waals surface area contributed by atoms with Crippen molar-refractivity contribution < 1.29 is 5.11 Å². The van der Waals surface area contributed by atoms with E-state index in [0.29, 0.717) is 5.69 Å². The number of nitrogen functional groups attached to an aromatic ring is 1. The zero-order chi connectivity index (χ0) is 13.2. The molecule has 1 heterocycles. The maximum absolute atomic E-state index is 9.58. The Morgan fingerprint density at radius 3 is 2.72 bits per heavy atom. The second kappa shape index (κ2) is 4.86. The van der Waals surface area contributed by atoms with Gasteiger partial charge in [-0.05, 0) is 25.0 Å². The predicted molar refractivity (Wildman–Crippen MR) is 74.5 cm³/mol. The van der Waals surface area contributed by atoms with Gasteiger partial charge in [-0.25, -0.2) is 0 Å². The molecule has 1 aromatic carbocycles. The van der Waals surface area contributed by atoms with Crippen LogP contribution in [0.4, 0.5) is 11.4 Å². The quantitative estimate of drug-likeness (QED) is 0.610. The van der Waals surface area contributed by atoms with Crippen LogP contribution in [0, 0.1) is 0 Å². The van der Waals surface area contributed by atoms with Gasteiger partial charge in [0.1, 0.15) is 0 Å². The van der Waals surface area contributed by atoms with Crippen molar-refractivity contribution in [2.75, 3.05) is 17.7 Å². The number of aromatic amines is 1. The molecule has 0 saturated heterocycles. The molecule has 0 radical (unpaired) electrons. The average molecular weight is 248 g/mol. The molecule has 0 bridgehead atoms. The summed E-state index contributed by atoms with van der Waals surface area (Å²) in [6, 6.07) is 3.82. The van der Waals surface area contributed by atoms with Crippen LogP contribution in [0.15, 0.2) is 18.3 Å². The summed E-state index contributed by atoms with van der Waals surface area (Å²) in [5, 5.41) is 20.8. The first-order chi connectivity index (χ1) is 8.64. The molecule has 0 amide bonds. The van der Waals surface area contributed by atoms with Crippen LogP contribution in [0.2, 0.25) is 0 Å². The van der Waals surface area contributed by atoms with Crippen molar-refractivity contribution in [2.24, 2.45) is 0 Å². The fourth-order valence-electron chi connectivity index (χ4n) is 2.09. The van der Waals surface area contributed by atoms with E-state index in [4.69, 9.17) is 5.73 Å². The molecule has 0 aliphatic carbocycles. The fraction of sp³-hybridized carbons (Fsp3) is 0.462. The van der Waals surface area contributed by atoms with Crippen LogP contribution in [0.5, 0.6) is 0 Å². The lowest BCUT2D eigenvalue weighted by Gasteiger charge is -2.32. The Labute approximate surface area is 106 Å². The largest absolute Gasteiger partial charge is 0.397 e. The number of nitrogens with zero attached hydrogens (tertiary/aromatic N) is 1. The number of aliphatic hydroxyl groups excluding tert-OH is 1. The number of H-pyrrole nitrogens is 1. The van der Waals surface area contributed by atoms with Gasteiger partial charge >= 0.3 is 0 Å². The standard InChI is InChI=1S/C13H20N4O/c1-3-13(4-2,8-18)16-12-6-11-9(5-10(12)14)7-15-17-11/h5-7,16,18H,3-4,8,14H2,1-2H3,(H,15,17). The number of fused-ring (bicyclic) bond motifs is 1. The minimum atomic E-state index is -0.318. The lowest BCUT2D eigenvalue weighted by atomic mass is 9.93. The number of nitrogens with two attached hydrogens (primary N) is 1. The number of aromatic nitrogens is 2. The van der Waals surface area contributed by atoms with E-state index in [0.717, 1.165) is 29.4 Å². The molecule has 2 rings (SSSR count). The van der Waals surface area contributed by atoms with Gasteiger partial charge in [-0.1, -0.05) is 13.8 Å². The number of rotatable bonds is 5. The number of hydrogen-bond acceptors (Lipinski definition) is 4. The monoisotopic (exact) mass is 248 g/mol. The number of nitrogens with one attached hydrogen (secondary N) is 2. The molecular formula is C13H20N4O. The van der Waals surface area contributed by atoms with Crippen molar-refractivity contribution in [1.29, 1.82) is 0 Å². The second-order valence-electron chi connectivity index (χ2n) is 4.67. The van der Waals surface area contributed by atoms with Gasteiger partial charge in [0.25, 0.3) is 0 Å². The van der Waals surface area contributed by atoms with Gasteiger partial charge in [0, 0.05) is 5.39 Å². The second-order valence-corrected chi connectivity index (χ2v) is 4.67. The summed E-state index contributed by atoms with van der Waals surface area (Å²) in [6.45, 7) is 4.19. The summed E-state index contributed by atoms with van der Waals surface area (Å²) in [6.07, 6.45) is 3.41. The third-order valence-corrected chi connectivity index (χ3v) is 3.67. The Bertz CT molecular complexity index is 523. The summed E-state index contributed by atoms with van der Waals surface area (Å²) < 4.78 is 0. The molecule has 18 heavy (non-hydrogen) atoms. The smallest absolute Gasteiger partial charge is 0.0672 e. The lowest BCUT2D eigenvalue weighted by Crippen LogP contribution is -2.41. The minimum absolute atomic E-state index is 0.0838. The van der Waals surface area contributed by atoms with Gasteiger partial charge in [-0.3, -0.25) is 5.10 Å². The van der Waals surface area contributed by atoms with Crippen molar-refractivity contribution >= 4 is 22.3 Å². The van der Waals surface area contributed by atoms with E-state index in [1.807, 2.05) is 12.1 Å². The molecule has 0 spiro atoms.